The second-order valence-electron chi connectivity index (χ2n) is 27.7. The first-order chi connectivity index (χ1) is 50.9. The van der Waals surface area contributed by atoms with Crippen LogP contribution in [0.1, 0.15) is 197 Å². The van der Waals surface area contributed by atoms with Crippen molar-refractivity contribution in [1.82, 2.24) is 42.2 Å². The van der Waals surface area contributed by atoms with Crippen LogP contribution < -0.4 is 54.4 Å². The van der Waals surface area contributed by atoms with Crippen LogP contribution in [-0.4, -0.2) is 199 Å². The van der Waals surface area contributed by atoms with Crippen LogP contribution in [0.5, 0.6) is 17.2 Å². The highest BCUT2D eigenvalue weighted by Crippen LogP contribution is 2.42. The number of phenols is 2. The van der Waals surface area contributed by atoms with Gasteiger partial charge in [-0.05, 0) is 97.2 Å². The normalized spacial score (nSPS) is 18.8. The van der Waals surface area contributed by atoms with E-state index in [4.69, 9.17) is 19.6 Å². The number of amides is 7. The van der Waals surface area contributed by atoms with Gasteiger partial charge in [0.2, 0.25) is 35.4 Å². The number of nitrogens with zero attached hydrogens (tertiary/aromatic N) is 3. The maximum absolute atomic E-state index is 12.9. The minimum atomic E-state index is -1.68. The number of hydrogen-bond acceptors (Lipinski definition) is 22. The number of pyridine rings is 1. The molecule has 2 aliphatic heterocycles. The van der Waals surface area contributed by atoms with Gasteiger partial charge in [0.1, 0.15) is 88.1 Å². The standard InChI is InChI=1S/C43H78N6O13.C18H16N2O3.C16H19NO5.H3N/c1-5-6-7-8-9-10-11-12-13-14-15-16-17-18-19-23-34(52)45-26-21-20-22-32(42(58)59)48-35(53)25-24-31(39(44)55)49-40(56)28(2)46-41(57)29(3)61-38-36(47-30(4)51)43(60)62-33(27-50)37(38)54;1-19(12-8-4-3-5-9-12)17(22)15-16(21)13-10-6-7-11-14(13)20(2)18(15)23;1-8-5-10(18)15-12(20)6-11(19)14(16(15)22-8)9-3-4-17(2)7-13(9)21;/h28-29,31-33,36-38,43,50,54,60H,5-27H2,1-4H3,(H2,44,55)(H,45,52)(H,46,57)(H,47,51)(H,48,53)(H,49,56)(H,58,59);3-11,21H,1-2H3;5-6,9,13,19-21H,3-4,7H2,1-2H3;1H3/t28-,29+,31+,32-,33+,36+,37?,38+,43+;;9-,13+;/m0.0./s1. The van der Waals surface area contributed by atoms with Gasteiger partial charge in [-0.25, -0.2) is 4.79 Å². The van der Waals surface area contributed by atoms with E-state index in [1.54, 1.807) is 69.6 Å². The van der Waals surface area contributed by atoms with Gasteiger partial charge in [-0.15, -0.1) is 0 Å². The van der Waals surface area contributed by atoms with Crippen LogP contribution in [0.25, 0.3) is 21.9 Å². The van der Waals surface area contributed by atoms with Crippen LogP contribution in [0, 0.1) is 6.92 Å². The quantitative estimate of drug-likeness (QED) is 0.0211. The number of phenolic OH excluding ortho intramolecular Hbond substituents is 2. The molecule has 2 saturated heterocycles. The molecule has 4 heterocycles. The number of para-hydroxylation sites is 2. The SMILES string of the molecule is CCCCCCCCCCCCCCCCCC(=O)NCCCC[C@H](NC(=O)CC[C@@H](NC(=O)[C@H](C)NC(=O)[C@@H](C)O[C@H]1C(O)[C@@H](CO)O[C@@H](O)[C@@H]1NC(C)=O)C(N)=O)C(=O)O.CN(C(=O)c1c(O)c2ccccc2n(C)c1=O)c1ccccc1.Cc1cc(=O)c2c(O)cc(O)c([C@H]3CCN(C)C[C@H]3O)c2o1.N. The fourth-order valence-electron chi connectivity index (χ4n) is 13.0. The summed E-state index contributed by atoms with van der Waals surface area (Å²) in [7, 11) is 5.08. The van der Waals surface area contributed by atoms with E-state index < -0.39 is 115 Å². The lowest BCUT2D eigenvalue weighted by Crippen LogP contribution is -2.65. The molecule has 31 heteroatoms. The van der Waals surface area contributed by atoms with E-state index in [2.05, 4.69) is 33.5 Å². The molecule has 1 unspecified atom stereocenters. The summed E-state index contributed by atoms with van der Waals surface area (Å²) < 4.78 is 17.8. The van der Waals surface area contributed by atoms with Crippen LogP contribution in [0.3, 0.4) is 0 Å². The lowest BCUT2D eigenvalue weighted by atomic mass is 9.85. The van der Waals surface area contributed by atoms with Gasteiger partial charge in [-0.3, -0.25) is 43.2 Å². The van der Waals surface area contributed by atoms with E-state index >= 15 is 0 Å². The summed E-state index contributed by atoms with van der Waals surface area (Å²) >= 11 is 0. The summed E-state index contributed by atoms with van der Waals surface area (Å²) in [4.78, 5) is 127. The Balaban J connectivity index is 0.000000426. The predicted octanol–water partition coefficient (Wildman–Crippen LogP) is 5.68. The zero-order valence-corrected chi connectivity index (χ0v) is 63.6. The summed E-state index contributed by atoms with van der Waals surface area (Å²) in [5.41, 5.74) is 6.13. The number of hydrogen-bond donors (Lipinski definition) is 15. The lowest BCUT2D eigenvalue weighted by Gasteiger charge is -2.43. The van der Waals surface area contributed by atoms with Gasteiger partial charge in [0.05, 0.1) is 18.2 Å². The minimum absolute atomic E-state index is 0. The van der Waals surface area contributed by atoms with Crippen LogP contribution >= 0.6 is 0 Å². The van der Waals surface area contributed by atoms with Gasteiger partial charge >= 0.3 is 5.97 Å². The molecule has 18 N–H and O–H groups in total. The number of β-amino-alcohol motifs (C(OH)–C–C–N with tert-alkyl or cyclic N) is 1. The Labute approximate surface area is 629 Å². The number of likely N-dealkylation sites (tertiary alicyclic amines) is 1. The largest absolute Gasteiger partial charge is 0.507 e. The van der Waals surface area contributed by atoms with Crippen LogP contribution in [0.15, 0.2) is 80.7 Å². The molecule has 7 rings (SSSR count). The van der Waals surface area contributed by atoms with Crippen molar-refractivity contribution in [2.75, 3.05) is 45.2 Å². The van der Waals surface area contributed by atoms with E-state index in [-0.39, 0.29) is 76.4 Å². The number of nitrogens with two attached hydrogens (primary N) is 1. The number of aliphatic hydroxyl groups is 4. The van der Waals surface area contributed by atoms with Crippen molar-refractivity contribution in [3.05, 3.63) is 104 Å². The van der Waals surface area contributed by atoms with Crippen molar-refractivity contribution in [3.63, 3.8) is 0 Å². The summed E-state index contributed by atoms with van der Waals surface area (Å²) in [6.45, 7) is 8.53. The molecule has 11 atom stereocenters. The Morgan fingerprint density at radius 3 is 1.92 bits per heavy atom. The number of rotatable bonds is 38. The maximum atomic E-state index is 12.9. The number of likely N-dealkylation sites (N-methyl/N-ethyl adjacent to an activating group) is 1. The average Bonchev–Trinajstić information content (AvgIpc) is 0.765. The number of nitrogens with one attached hydrogen (secondary N) is 5. The molecule has 2 aliphatic rings. The first-order valence-electron chi connectivity index (χ1n) is 37.2. The third kappa shape index (κ3) is 27.9. The number of carbonyl (C=O) groups is 8. The molecule has 0 bridgehead atoms. The number of aryl methyl sites for hydroxylation is 2. The highest BCUT2D eigenvalue weighted by Gasteiger charge is 2.47. The number of piperidine rings is 1. The fourth-order valence-corrected chi connectivity index (χ4v) is 13.0. The van der Waals surface area contributed by atoms with E-state index in [0.717, 1.165) is 38.8 Å². The van der Waals surface area contributed by atoms with Crippen molar-refractivity contribution in [3.8, 4) is 17.2 Å². The number of unbranched alkanes of at least 4 members (excludes halogenated alkanes) is 15. The third-order valence-electron chi connectivity index (χ3n) is 19.1. The van der Waals surface area contributed by atoms with Gasteiger partial charge in [0.15, 0.2) is 11.7 Å². The monoisotopic (exact) mass is 1520 g/mol. The number of carboxylic acid groups (broad SMARTS) is 1. The Morgan fingerprint density at radius 2 is 1.33 bits per heavy atom. The number of aromatic hydroxyl groups is 3. The first kappa shape index (κ1) is 91.3. The summed E-state index contributed by atoms with van der Waals surface area (Å²) in [5.74, 6) is -6.50. The molecule has 5 aromatic rings. The minimum Gasteiger partial charge on any atom is -0.507 e. The van der Waals surface area contributed by atoms with Crippen molar-refractivity contribution >= 4 is 74.9 Å². The van der Waals surface area contributed by atoms with Crippen molar-refractivity contribution in [2.45, 2.75) is 243 Å². The molecular weight excluding hydrogens is 1400 g/mol. The Bertz CT molecular complexity index is 3860. The maximum Gasteiger partial charge on any atom is 0.326 e. The number of carboxylic acids is 1. The molecule has 0 aliphatic carbocycles. The van der Waals surface area contributed by atoms with Gasteiger partial charge in [0.25, 0.3) is 11.5 Å². The van der Waals surface area contributed by atoms with E-state index in [1.807, 2.05) is 18.0 Å². The molecule has 0 saturated carbocycles. The van der Waals surface area contributed by atoms with E-state index in [0.29, 0.717) is 66.7 Å². The zero-order chi connectivity index (χ0) is 79.0. The van der Waals surface area contributed by atoms with Crippen molar-refractivity contribution in [2.24, 2.45) is 12.8 Å². The molecule has 2 aromatic heterocycles. The van der Waals surface area contributed by atoms with E-state index in [9.17, 15) is 88.8 Å². The number of ether oxygens (including phenoxy) is 2. The number of fused-ring (bicyclic) bond motifs is 2. The van der Waals surface area contributed by atoms with E-state index in [1.165, 1.54) is 106 Å². The summed E-state index contributed by atoms with van der Waals surface area (Å²) in [6, 6.07) is 13.2. The molecule has 3 aromatic carbocycles. The molecular formula is C77H116N10O21. The molecule has 108 heavy (non-hydrogen) atoms. The molecule has 0 radical (unpaired) electrons. The van der Waals surface area contributed by atoms with Gasteiger partial charge < -0.3 is 108 Å². The Kier molecular flexibility index (Phi) is 39.2. The number of aliphatic hydroxyl groups excluding tert-OH is 4. The predicted molar refractivity (Wildman–Crippen MR) is 406 cm³/mol. The van der Waals surface area contributed by atoms with Crippen LogP contribution in [-0.2, 0) is 50.1 Å². The second-order valence-corrected chi connectivity index (χ2v) is 27.7. The number of carbonyl (C=O) groups excluding carboxylic acids is 7. The molecule has 600 valence electrons. The number of anilines is 1. The lowest BCUT2D eigenvalue weighted by molar-refractivity contribution is -0.266. The number of primary amides is 1. The smallest absolute Gasteiger partial charge is 0.326 e. The summed E-state index contributed by atoms with van der Waals surface area (Å²) in [6.07, 6.45) is 12.3. The fraction of sp³-hybridized carbons (Fsp3) is 0.584. The van der Waals surface area contributed by atoms with Crippen molar-refractivity contribution < 1.29 is 93.1 Å². The number of benzene rings is 3. The first-order valence-corrected chi connectivity index (χ1v) is 37.2. The highest BCUT2D eigenvalue weighted by molar-refractivity contribution is 6.10. The van der Waals surface area contributed by atoms with Gasteiger partial charge in [-0.2, -0.15) is 0 Å². The van der Waals surface area contributed by atoms with Crippen LogP contribution in [0.2, 0.25) is 0 Å². The van der Waals surface area contributed by atoms with Gasteiger partial charge in [0, 0.05) is 81.6 Å². The molecule has 31 nitrogen and oxygen atoms in total. The molecule has 2 fully saturated rings. The topological polar surface area (TPSA) is 497 Å². The zero-order valence-electron chi connectivity index (χ0n) is 63.6. The van der Waals surface area contributed by atoms with Crippen molar-refractivity contribution in [1.29, 1.82) is 0 Å². The van der Waals surface area contributed by atoms with Crippen LogP contribution in [0.4, 0.5) is 5.69 Å². The highest BCUT2D eigenvalue weighted by atomic mass is 16.6. The number of aromatic nitrogens is 1. The Morgan fingerprint density at radius 1 is 0.731 bits per heavy atom. The number of aliphatic carboxylic acids is 1. The summed E-state index contributed by atoms with van der Waals surface area (Å²) in [5, 5.41) is 94.0. The Hall–Kier alpha value is -9.08. The molecule has 7 amide bonds. The molecule has 0 spiro atoms. The average molecular weight is 1520 g/mol. The van der Waals surface area contributed by atoms with Gasteiger partial charge in [-0.1, -0.05) is 127 Å². The second kappa shape index (κ2) is 46.3. The third-order valence-corrected chi connectivity index (χ3v) is 19.1.